The van der Waals surface area contributed by atoms with Crippen molar-refractivity contribution in [2.45, 2.75) is 32.2 Å². The number of nitrogens with one attached hydrogen (secondary N) is 1. The minimum atomic E-state index is -0.913. The Hall–Kier alpha value is -1.62. The second-order valence-corrected chi connectivity index (χ2v) is 5.55. The molecular weight excluding hydrogens is 285 g/mol. The molecule has 108 valence electrons. The van der Waals surface area contributed by atoms with Crippen LogP contribution in [0.4, 0.5) is 4.39 Å². The molecule has 0 radical (unpaired) electrons. The lowest BCUT2D eigenvalue weighted by molar-refractivity contribution is -0.157. The molecule has 2 rings (SSSR count). The molecule has 0 bridgehead atoms. The van der Waals surface area contributed by atoms with E-state index in [2.05, 4.69) is 5.32 Å². The summed E-state index contributed by atoms with van der Waals surface area (Å²) in [5.41, 5.74) is -0.229. The third kappa shape index (κ3) is 3.10. The van der Waals surface area contributed by atoms with Crippen molar-refractivity contribution in [3.05, 3.63) is 34.6 Å². The summed E-state index contributed by atoms with van der Waals surface area (Å²) in [4.78, 5) is 23.0. The second-order valence-electron chi connectivity index (χ2n) is 5.14. The van der Waals surface area contributed by atoms with Crippen LogP contribution in [-0.4, -0.2) is 17.0 Å². The topological polar surface area (TPSA) is 66.4 Å². The Bertz CT molecular complexity index is 543. The maximum Gasteiger partial charge on any atom is 0.310 e. The molecular formula is C14H15ClFNO3. The first-order valence-corrected chi connectivity index (χ1v) is 6.75. The zero-order valence-corrected chi connectivity index (χ0v) is 11.5. The number of carboxylic acids is 1. The van der Waals surface area contributed by atoms with Crippen LogP contribution in [0.2, 0.25) is 5.02 Å². The number of hydrogen-bond acceptors (Lipinski definition) is 2. The van der Waals surface area contributed by atoms with Gasteiger partial charge >= 0.3 is 5.97 Å². The second kappa shape index (κ2) is 5.79. The van der Waals surface area contributed by atoms with Crippen LogP contribution < -0.4 is 5.32 Å². The summed E-state index contributed by atoms with van der Waals surface area (Å²) in [7, 11) is 0. The molecule has 1 aromatic carbocycles. The Kier molecular flexibility index (Phi) is 4.28. The summed E-state index contributed by atoms with van der Waals surface area (Å²) < 4.78 is 13.0. The Labute approximate surface area is 120 Å². The third-order valence-corrected chi connectivity index (χ3v) is 4.03. The van der Waals surface area contributed by atoms with Crippen LogP contribution in [0.25, 0.3) is 0 Å². The van der Waals surface area contributed by atoms with Gasteiger partial charge in [0.15, 0.2) is 0 Å². The number of carbonyl (C=O) groups excluding carboxylic acids is 1. The van der Waals surface area contributed by atoms with Gasteiger partial charge in [0.2, 0.25) is 5.91 Å². The molecule has 0 unspecified atom stereocenters. The van der Waals surface area contributed by atoms with Crippen LogP contribution in [0.5, 0.6) is 0 Å². The SMILES string of the molecule is O=C(CC1(C(=O)O)CCC1)NCc1ccc(F)c(Cl)c1. The van der Waals surface area contributed by atoms with E-state index in [9.17, 15) is 14.0 Å². The number of halogens is 2. The van der Waals surface area contributed by atoms with Crippen molar-refractivity contribution in [2.75, 3.05) is 0 Å². The number of hydrogen-bond donors (Lipinski definition) is 2. The van der Waals surface area contributed by atoms with Crippen molar-refractivity contribution in [2.24, 2.45) is 5.41 Å². The lowest BCUT2D eigenvalue weighted by Gasteiger charge is -2.36. The van der Waals surface area contributed by atoms with E-state index >= 15 is 0 Å². The van der Waals surface area contributed by atoms with Gasteiger partial charge in [0.1, 0.15) is 5.82 Å². The molecule has 4 nitrogen and oxygen atoms in total. The van der Waals surface area contributed by atoms with Gasteiger partial charge in [0.25, 0.3) is 0 Å². The van der Waals surface area contributed by atoms with Crippen molar-refractivity contribution in [3.8, 4) is 0 Å². The van der Waals surface area contributed by atoms with E-state index in [-0.39, 0.29) is 23.9 Å². The fraction of sp³-hybridized carbons (Fsp3) is 0.429. The van der Waals surface area contributed by atoms with Crippen LogP contribution in [0, 0.1) is 11.2 Å². The molecule has 2 N–H and O–H groups in total. The van der Waals surface area contributed by atoms with E-state index in [1.165, 1.54) is 18.2 Å². The van der Waals surface area contributed by atoms with Gasteiger partial charge in [0.05, 0.1) is 10.4 Å². The van der Waals surface area contributed by atoms with Crippen molar-refractivity contribution in [1.29, 1.82) is 0 Å². The van der Waals surface area contributed by atoms with Crippen molar-refractivity contribution >= 4 is 23.5 Å². The highest BCUT2D eigenvalue weighted by Crippen LogP contribution is 2.44. The summed E-state index contributed by atoms with van der Waals surface area (Å²) in [5, 5.41) is 11.8. The van der Waals surface area contributed by atoms with Gasteiger partial charge in [-0.3, -0.25) is 9.59 Å². The summed E-state index contributed by atoms with van der Waals surface area (Å²) in [5.74, 6) is -1.74. The predicted molar refractivity (Wildman–Crippen MR) is 71.8 cm³/mol. The molecule has 1 fully saturated rings. The number of aliphatic carboxylic acids is 1. The molecule has 0 atom stereocenters. The Morgan fingerprint density at radius 1 is 1.40 bits per heavy atom. The van der Waals surface area contributed by atoms with E-state index in [0.29, 0.717) is 18.4 Å². The first-order chi connectivity index (χ1) is 9.43. The van der Waals surface area contributed by atoms with Gasteiger partial charge in [-0.25, -0.2) is 4.39 Å². The average Bonchev–Trinajstić information content (AvgIpc) is 2.35. The predicted octanol–water partition coefficient (Wildman–Crippen LogP) is 2.74. The molecule has 0 aromatic heterocycles. The van der Waals surface area contributed by atoms with Gasteiger partial charge in [0, 0.05) is 13.0 Å². The molecule has 20 heavy (non-hydrogen) atoms. The number of benzene rings is 1. The molecule has 1 aliphatic carbocycles. The normalized spacial score (nSPS) is 16.3. The zero-order valence-electron chi connectivity index (χ0n) is 10.8. The number of rotatable bonds is 5. The largest absolute Gasteiger partial charge is 0.481 e. The number of amides is 1. The lowest BCUT2D eigenvalue weighted by atomic mass is 9.66. The minimum Gasteiger partial charge on any atom is -0.481 e. The smallest absolute Gasteiger partial charge is 0.310 e. The van der Waals surface area contributed by atoms with Crippen LogP contribution >= 0.6 is 11.6 Å². The number of carboxylic acid groups (broad SMARTS) is 1. The highest BCUT2D eigenvalue weighted by molar-refractivity contribution is 6.30. The summed E-state index contributed by atoms with van der Waals surface area (Å²) in [6.45, 7) is 0.203. The zero-order chi connectivity index (χ0) is 14.8. The quantitative estimate of drug-likeness (QED) is 0.878. The van der Waals surface area contributed by atoms with E-state index in [4.69, 9.17) is 16.7 Å². The molecule has 0 spiro atoms. The van der Waals surface area contributed by atoms with Gasteiger partial charge in [-0.1, -0.05) is 24.1 Å². The monoisotopic (exact) mass is 299 g/mol. The van der Waals surface area contributed by atoms with Gasteiger partial charge in [-0.15, -0.1) is 0 Å². The highest BCUT2D eigenvalue weighted by atomic mass is 35.5. The molecule has 1 saturated carbocycles. The van der Waals surface area contributed by atoms with E-state index in [0.717, 1.165) is 6.42 Å². The lowest BCUT2D eigenvalue weighted by Crippen LogP contribution is -2.42. The van der Waals surface area contributed by atoms with Gasteiger partial charge in [-0.05, 0) is 30.5 Å². The maximum absolute atomic E-state index is 13.0. The fourth-order valence-corrected chi connectivity index (χ4v) is 2.49. The van der Waals surface area contributed by atoms with Crippen molar-refractivity contribution in [1.82, 2.24) is 5.32 Å². The molecule has 1 aromatic rings. The standard InChI is InChI=1S/C14H15ClFNO3/c15-10-6-9(2-3-11(10)16)8-17-12(18)7-14(13(19)20)4-1-5-14/h2-3,6H,1,4-5,7-8H2,(H,17,18)(H,19,20). The van der Waals surface area contributed by atoms with Crippen LogP contribution in [0.1, 0.15) is 31.2 Å². The Morgan fingerprint density at radius 2 is 2.10 bits per heavy atom. The summed E-state index contributed by atoms with van der Waals surface area (Å²) >= 11 is 5.64. The summed E-state index contributed by atoms with van der Waals surface area (Å²) in [6.07, 6.45) is 1.90. The molecule has 1 aliphatic rings. The van der Waals surface area contributed by atoms with Gasteiger partial charge in [-0.2, -0.15) is 0 Å². The van der Waals surface area contributed by atoms with E-state index in [1.54, 1.807) is 0 Å². The first-order valence-electron chi connectivity index (χ1n) is 6.37. The van der Waals surface area contributed by atoms with Crippen molar-refractivity contribution < 1.29 is 19.1 Å². The van der Waals surface area contributed by atoms with Gasteiger partial charge < -0.3 is 10.4 Å². The Morgan fingerprint density at radius 3 is 2.60 bits per heavy atom. The third-order valence-electron chi connectivity index (χ3n) is 3.74. The minimum absolute atomic E-state index is 0.00209. The highest BCUT2D eigenvalue weighted by Gasteiger charge is 2.45. The van der Waals surface area contributed by atoms with Crippen LogP contribution in [0.3, 0.4) is 0 Å². The molecule has 0 heterocycles. The molecule has 1 amide bonds. The van der Waals surface area contributed by atoms with Crippen molar-refractivity contribution in [3.63, 3.8) is 0 Å². The molecule has 0 aliphatic heterocycles. The van der Waals surface area contributed by atoms with Crippen LogP contribution in [0.15, 0.2) is 18.2 Å². The number of carbonyl (C=O) groups is 2. The molecule has 6 heteroatoms. The van der Waals surface area contributed by atoms with Crippen LogP contribution in [-0.2, 0) is 16.1 Å². The molecule has 0 saturated heterocycles. The van der Waals surface area contributed by atoms with E-state index in [1.807, 2.05) is 0 Å². The Balaban J connectivity index is 1.89. The fourth-order valence-electron chi connectivity index (χ4n) is 2.29. The van der Waals surface area contributed by atoms with E-state index < -0.39 is 17.2 Å². The maximum atomic E-state index is 13.0. The summed E-state index contributed by atoms with van der Waals surface area (Å²) in [6, 6.07) is 4.19. The average molecular weight is 300 g/mol. The first kappa shape index (κ1) is 14.8.